The van der Waals surface area contributed by atoms with E-state index in [0.29, 0.717) is 46.5 Å². The van der Waals surface area contributed by atoms with E-state index in [0.717, 1.165) is 41.3 Å². The molecule has 0 radical (unpaired) electrons. The number of hydrogen-bond donors (Lipinski definition) is 6. The Balaban J connectivity index is 0.000000183. The molecule has 0 saturated heterocycles. The second kappa shape index (κ2) is 29.9. The molecule has 0 fully saturated rings. The van der Waals surface area contributed by atoms with E-state index >= 15 is 0 Å². The molecule has 0 aromatic heterocycles. The molecule has 6 N–H and O–H groups in total. The molecule has 3 amide bonds. The molecule has 9 aromatic carbocycles. The third-order valence-electron chi connectivity index (χ3n) is 12.5. The highest BCUT2D eigenvalue weighted by Crippen LogP contribution is 2.35. The second-order valence-electron chi connectivity index (χ2n) is 18.5. The highest BCUT2D eigenvalue weighted by Gasteiger charge is 2.20. The van der Waals surface area contributed by atoms with Gasteiger partial charge in [-0.1, -0.05) is 104 Å². The molecule has 0 atom stereocenters. The number of carbonyl (C=O) groups is 6. The fraction of sp³-hybridized carbons (Fsp3) is 0.104. The summed E-state index contributed by atoms with van der Waals surface area (Å²) >= 11 is 6.16. The van der Waals surface area contributed by atoms with Gasteiger partial charge < -0.3 is 45.5 Å². The summed E-state index contributed by atoms with van der Waals surface area (Å²) in [5, 5.41) is 35.7. The lowest BCUT2D eigenvalue weighted by Gasteiger charge is -2.11. The van der Waals surface area contributed by atoms with Crippen LogP contribution in [0.3, 0.4) is 0 Å². The lowest BCUT2D eigenvalue weighted by atomic mass is 10.0. The first-order valence-electron chi connectivity index (χ1n) is 26.4. The molecule has 18 heteroatoms. The lowest BCUT2D eigenvalue weighted by molar-refractivity contribution is 0.0683. The number of methoxy groups -OCH3 is 1. The van der Waals surface area contributed by atoms with Crippen molar-refractivity contribution in [2.75, 3.05) is 36.3 Å². The van der Waals surface area contributed by atoms with Gasteiger partial charge >= 0.3 is 17.9 Å². The number of ether oxygens (including phenoxy) is 3. The van der Waals surface area contributed by atoms with Gasteiger partial charge in [0.05, 0.1) is 59.4 Å². The molecule has 0 bridgehead atoms. The van der Waals surface area contributed by atoms with Gasteiger partial charge in [-0.05, 0) is 156 Å². The van der Waals surface area contributed by atoms with Crippen LogP contribution < -0.4 is 30.2 Å². The SMILES string of the molecule is CCCOc1cccc(-c2ccc(NC(=O)c3ccccc3C(=O)O)c(F)c2)c1.CCCOc1cccc(-c2ccc(NC(=O)c3ccccc3C(=O)O)cc2)c1.COc1ccc(Cl)c(-c2ccc(NC(=O)c3ccccc3C(=O)O)cc2F)c1. The minimum absolute atomic E-state index is 0.0182. The summed E-state index contributed by atoms with van der Waals surface area (Å²) in [6, 6.07) is 53.7. The van der Waals surface area contributed by atoms with Crippen LogP contribution in [0.5, 0.6) is 17.2 Å². The van der Waals surface area contributed by atoms with Crippen molar-refractivity contribution in [3.63, 3.8) is 0 Å². The van der Waals surface area contributed by atoms with Crippen LogP contribution in [-0.2, 0) is 0 Å². The predicted octanol–water partition coefficient (Wildman–Crippen LogP) is 15.4. The number of hydrogen-bond acceptors (Lipinski definition) is 9. The number of anilines is 3. The number of nitrogens with one attached hydrogen (secondary N) is 3. The number of rotatable bonds is 19. The maximum Gasteiger partial charge on any atom is 0.336 e. The Bertz CT molecular complexity index is 3890. The first-order chi connectivity index (χ1) is 41.0. The van der Waals surface area contributed by atoms with Crippen molar-refractivity contribution >= 4 is 64.3 Å². The number of benzene rings is 9. The average molecular weight is 1170 g/mol. The molecule has 0 aliphatic heterocycles. The Morgan fingerprint density at radius 1 is 0.412 bits per heavy atom. The number of carbonyl (C=O) groups excluding carboxylic acids is 3. The molecule has 0 aliphatic carbocycles. The molecular weight excluding hydrogens is 1110 g/mol. The molecule has 0 spiro atoms. The summed E-state index contributed by atoms with van der Waals surface area (Å²) in [7, 11) is 1.50. The fourth-order valence-corrected chi connectivity index (χ4v) is 8.57. The van der Waals surface area contributed by atoms with E-state index in [2.05, 4.69) is 22.9 Å². The summed E-state index contributed by atoms with van der Waals surface area (Å²) in [5.41, 5.74) is 4.62. The van der Waals surface area contributed by atoms with Crippen molar-refractivity contribution in [2.24, 2.45) is 0 Å². The summed E-state index contributed by atoms with van der Waals surface area (Å²) in [5.74, 6) is -4.54. The van der Waals surface area contributed by atoms with Crippen LogP contribution in [0.2, 0.25) is 5.02 Å². The van der Waals surface area contributed by atoms with Gasteiger partial charge in [0.2, 0.25) is 0 Å². The van der Waals surface area contributed by atoms with Crippen LogP contribution >= 0.6 is 11.6 Å². The molecule has 0 unspecified atom stereocenters. The maximum absolute atomic E-state index is 14.7. The lowest BCUT2D eigenvalue weighted by Crippen LogP contribution is -2.17. The van der Waals surface area contributed by atoms with E-state index in [1.54, 1.807) is 60.7 Å². The third kappa shape index (κ3) is 16.7. The zero-order valence-corrected chi connectivity index (χ0v) is 46.8. The topological polar surface area (TPSA) is 227 Å². The van der Waals surface area contributed by atoms with Gasteiger partial charge in [0.25, 0.3) is 17.7 Å². The van der Waals surface area contributed by atoms with E-state index in [1.807, 2.05) is 67.6 Å². The molecule has 0 saturated carbocycles. The molecule has 85 heavy (non-hydrogen) atoms. The van der Waals surface area contributed by atoms with Gasteiger partial charge in [-0.25, -0.2) is 23.2 Å². The summed E-state index contributed by atoms with van der Waals surface area (Å²) in [6.45, 7) is 5.35. The Hall–Kier alpha value is -10.7. The van der Waals surface area contributed by atoms with Crippen molar-refractivity contribution in [3.05, 3.63) is 250 Å². The summed E-state index contributed by atoms with van der Waals surface area (Å²) < 4.78 is 45.7. The first kappa shape index (κ1) is 62.0. The van der Waals surface area contributed by atoms with Crippen molar-refractivity contribution in [1.82, 2.24) is 0 Å². The van der Waals surface area contributed by atoms with E-state index in [-0.39, 0.29) is 50.3 Å². The van der Waals surface area contributed by atoms with Gasteiger partial charge in [-0.3, -0.25) is 14.4 Å². The number of carboxylic acids is 3. The van der Waals surface area contributed by atoms with E-state index in [4.69, 9.17) is 25.8 Å². The van der Waals surface area contributed by atoms with Gasteiger partial charge in [-0.2, -0.15) is 0 Å². The van der Waals surface area contributed by atoms with Gasteiger partial charge in [0, 0.05) is 27.5 Å². The van der Waals surface area contributed by atoms with Crippen molar-refractivity contribution in [1.29, 1.82) is 0 Å². The summed E-state index contributed by atoms with van der Waals surface area (Å²) in [4.78, 5) is 71.1. The zero-order chi connectivity index (χ0) is 61.0. The van der Waals surface area contributed by atoms with Crippen LogP contribution in [0.1, 0.15) is 88.8 Å². The molecule has 432 valence electrons. The standard InChI is InChI=1S/C23H20FNO4.C23H21NO4.C21H15ClFNO4/c1-2-12-29-17-7-5-6-15(13-17)16-10-11-21(20(24)14-16)25-22(26)18-8-3-4-9-19(18)23(27)28;1-2-14-28-19-7-5-6-17(15-19)16-10-12-18(13-11-16)24-22(25)20-8-3-4-9-21(20)23(26)27;1-28-13-7-9-18(22)17(11-13)14-8-6-12(10-19(14)23)24-20(25)15-4-2-3-5-16(15)21(26)27/h3-11,13-14H,2,12H2,1H3,(H,25,26)(H,27,28);3-13,15H,2,14H2,1H3,(H,24,25)(H,26,27);2-11H,1H3,(H,24,25)(H,26,27). The number of amides is 3. The van der Waals surface area contributed by atoms with Crippen LogP contribution in [0, 0.1) is 11.6 Å². The van der Waals surface area contributed by atoms with Crippen LogP contribution in [-0.4, -0.2) is 71.3 Å². The molecule has 0 aliphatic rings. The second-order valence-corrected chi connectivity index (χ2v) is 18.9. The zero-order valence-electron chi connectivity index (χ0n) is 46.0. The molecule has 9 rings (SSSR count). The third-order valence-corrected chi connectivity index (χ3v) is 12.9. The van der Waals surface area contributed by atoms with Crippen molar-refractivity contribution in [3.8, 4) is 50.6 Å². The Morgan fingerprint density at radius 2 is 0.847 bits per heavy atom. The van der Waals surface area contributed by atoms with E-state index in [1.165, 1.54) is 79.9 Å². The maximum atomic E-state index is 14.7. The highest BCUT2D eigenvalue weighted by atomic mass is 35.5. The molecular formula is C67H56ClF2N3O12. The average Bonchev–Trinajstić information content (AvgIpc) is 3.72. The number of halogens is 3. The van der Waals surface area contributed by atoms with Gasteiger partial charge in [0.1, 0.15) is 28.9 Å². The Kier molecular flexibility index (Phi) is 21.8. The summed E-state index contributed by atoms with van der Waals surface area (Å²) in [6.07, 6.45) is 1.84. The minimum Gasteiger partial charge on any atom is -0.497 e. The van der Waals surface area contributed by atoms with Crippen molar-refractivity contribution in [2.45, 2.75) is 26.7 Å². The van der Waals surface area contributed by atoms with E-state index < -0.39 is 47.3 Å². The normalized spacial score (nSPS) is 10.4. The van der Waals surface area contributed by atoms with Crippen LogP contribution in [0.25, 0.3) is 33.4 Å². The van der Waals surface area contributed by atoms with Crippen molar-refractivity contribution < 1.29 is 67.1 Å². The van der Waals surface area contributed by atoms with Crippen LogP contribution in [0.4, 0.5) is 25.8 Å². The van der Waals surface area contributed by atoms with E-state index in [9.17, 15) is 52.9 Å². The molecule has 15 nitrogen and oxygen atoms in total. The number of carboxylic acid groups (broad SMARTS) is 3. The monoisotopic (exact) mass is 1170 g/mol. The van der Waals surface area contributed by atoms with Gasteiger partial charge in [-0.15, -0.1) is 0 Å². The Morgan fingerprint density at radius 3 is 1.31 bits per heavy atom. The fourth-order valence-electron chi connectivity index (χ4n) is 8.35. The molecule has 0 heterocycles. The highest BCUT2D eigenvalue weighted by molar-refractivity contribution is 6.33. The molecule has 9 aromatic rings. The Labute approximate surface area is 493 Å². The largest absolute Gasteiger partial charge is 0.497 e. The smallest absolute Gasteiger partial charge is 0.336 e. The minimum atomic E-state index is -1.23. The predicted molar refractivity (Wildman–Crippen MR) is 323 cm³/mol. The van der Waals surface area contributed by atoms with Gasteiger partial charge in [0.15, 0.2) is 0 Å². The first-order valence-corrected chi connectivity index (χ1v) is 26.8. The quantitative estimate of drug-likeness (QED) is 0.0444. The van der Waals surface area contributed by atoms with Crippen LogP contribution in [0.15, 0.2) is 200 Å². The number of aromatic carboxylic acids is 3.